The molecule has 0 spiro atoms. The van der Waals surface area contributed by atoms with Crippen LogP contribution in [0.25, 0.3) is 0 Å². The van der Waals surface area contributed by atoms with Gasteiger partial charge in [0.25, 0.3) is 0 Å². The van der Waals surface area contributed by atoms with E-state index < -0.39 is 13.9 Å². The van der Waals surface area contributed by atoms with Crippen molar-refractivity contribution in [2.45, 2.75) is 91.6 Å². The highest BCUT2D eigenvalue weighted by atomic mass is 28.4. The Morgan fingerprint density at radius 3 is 2.29 bits per heavy atom. The van der Waals surface area contributed by atoms with Gasteiger partial charge in [0.2, 0.25) is 0 Å². The van der Waals surface area contributed by atoms with Crippen molar-refractivity contribution < 1.29 is 19.0 Å². The summed E-state index contributed by atoms with van der Waals surface area (Å²) in [6.45, 7) is 22.4. The third kappa shape index (κ3) is 6.94. The lowest BCUT2D eigenvalue weighted by Gasteiger charge is -2.55. The number of hydrogen-bond donors (Lipinski definition) is 1. The van der Waals surface area contributed by atoms with Gasteiger partial charge < -0.3 is 19.0 Å². The molecule has 0 amide bonds. The summed E-state index contributed by atoms with van der Waals surface area (Å²) in [5, 5.41) is 12.0. The van der Waals surface area contributed by atoms with Gasteiger partial charge in [-0.05, 0) is 79.3 Å². The monoisotopic (exact) mass is 540 g/mol. The maximum absolute atomic E-state index is 11.8. The highest BCUT2D eigenvalue weighted by molar-refractivity contribution is 6.74. The Kier molecular flexibility index (Phi) is 9.68. The van der Waals surface area contributed by atoms with Crippen LogP contribution in [0.5, 0.6) is 5.75 Å². The second-order valence-electron chi connectivity index (χ2n) is 13.9. The van der Waals surface area contributed by atoms with E-state index in [2.05, 4.69) is 85.6 Å². The number of rotatable bonds is 10. The Hall–Kier alpha value is -1.58. The van der Waals surface area contributed by atoms with Gasteiger partial charge in [-0.15, -0.1) is 0 Å². The molecule has 0 unspecified atom stereocenters. The molecule has 2 bridgehead atoms. The molecular formula is C33H52O4Si. The minimum absolute atomic E-state index is 0.0440. The van der Waals surface area contributed by atoms with Crippen molar-refractivity contribution >= 4 is 8.32 Å². The molecule has 0 heterocycles. The summed E-state index contributed by atoms with van der Waals surface area (Å²) in [5.41, 5.74) is -0.252. The van der Waals surface area contributed by atoms with Crippen molar-refractivity contribution in [2.75, 3.05) is 20.3 Å². The number of hydrogen-bond acceptors (Lipinski definition) is 4. The maximum atomic E-state index is 11.8. The predicted molar refractivity (Wildman–Crippen MR) is 159 cm³/mol. The Bertz CT molecular complexity index is 1010. The summed E-state index contributed by atoms with van der Waals surface area (Å²) < 4.78 is 17.9. The lowest BCUT2D eigenvalue weighted by atomic mass is 9.51. The Morgan fingerprint density at radius 2 is 1.74 bits per heavy atom. The van der Waals surface area contributed by atoms with Crippen LogP contribution in [0.2, 0.25) is 18.1 Å². The fourth-order valence-corrected chi connectivity index (χ4v) is 6.68. The standard InChI is InChI=1S/C33H52O4Si/c1-24(2)30(23-37-38(9,10)31(4,5)6)29-20-32(7)17-16-27(29)19-33(32,34)18-15-25(3)21-36-22-26-11-13-28(35-8)14-12-26/h11-14,16-17,24-25,27,29-30,34H,19-23H2,1-10H3/t25-,27+,29+,30-,32-,33-/m0/s1. The molecule has 5 heteroatoms. The van der Waals surface area contributed by atoms with Crippen molar-refractivity contribution in [3.63, 3.8) is 0 Å². The summed E-state index contributed by atoms with van der Waals surface area (Å²) in [5.74, 6) is 9.39. The van der Waals surface area contributed by atoms with Crippen LogP contribution in [0.15, 0.2) is 36.4 Å². The van der Waals surface area contributed by atoms with Crippen LogP contribution in [0.3, 0.4) is 0 Å². The second kappa shape index (κ2) is 11.9. The minimum Gasteiger partial charge on any atom is -0.497 e. The topological polar surface area (TPSA) is 47.9 Å². The van der Waals surface area contributed by atoms with Gasteiger partial charge >= 0.3 is 0 Å². The molecule has 1 saturated carbocycles. The highest BCUT2D eigenvalue weighted by Crippen LogP contribution is 2.57. The number of benzene rings is 1. The summed E-state index contributed by atoms with van der Waals surface area (Å²) in [6, 6.07) is 7.92. The lowest BCUT2D eigenvalue weighted by Crippen LogP contribution is -2.56. The van der Waals surface area contributed by atoms with Gasteiger partial charge in [0, 0.05) is 17.9 Å². The van der Waals surface area contributed by atoms with Crippen LogP contribution in [0.4, 0.5) is 0 Å². The van der Waals surface area contributed by atoms with E-state index in [1.807, 2.05) is 24.3 Å². The van der Waals surface area contributed by atoms with Gasteiger partial charge in [0.05, 0.1) is 20.3 Å². The average molecular weight is 541 g/mol. The first-order valence-corrected chi connectivity index (χ1v) is 17.3. The summed E-state index contributed by atoms with van der Waals surface area (Å²) in [7, 11) is -0.147. The molecule has 0 saturated heterocycles. The summed E-state index contributed by atoms with van der Waals surface area (Å²) in [4.78, 5) is 0. The first-order valence-electron chi connectivity index (χ1n) is 14.4. The normalized spacial score (nSPS) is 28.6. The molecule has 6 atom stereocenters. The van der Waals surface area contributed by atoms with Crippen LogP contribution in [0, 0.1) is 46.8 Å². The molecule has 38 heavy (non-hydrogen) atoms. The van der Waals surface area contributed by atoms with E-state index in [1.165, 1.54) is 0 Å². The lowest BCUT2D eigenvalue weighted by molar-refractivity contribution is -0.0930. The molecule has 0 radical (unpaired) electrons. The number of aliphatic hydroxyl groups is 1. The van der Waals surface area contributed by atoms with Gasteiger partial charge in [-0.3, -0.25) is 0 Å². The van der Waals surface area contributed by atoms with Crippen LogP contribution in [-0.4, -0.2) is 39.3 Å². The van der Waals surface area contributed by atoms with Crippen molar-refractivity contribution in [3.05, 3.63) is 42.0 Å². The predicted octanol–water partition coefficient (Wildman–Crippen LogP) is 7.48. The van der Waals surface area contributed by atoms with Crippen LogP contribution in [0.1, 0.15) is 66.9 Å². The van der Waals surface area contributed by atoms with E-state index >= 15 is 0 Å². The van der Waals surface area contributed by atoms with Crippen molar-refractivity contribution in [1.29, 1.82) is 0 Å². The van der Waals surface area contributed by atoms with Crippen molar-refractivity contribution in [1.82, 2.24) is 0 Å². The first kappa shape index (κ1) is 31.0. The smallest absolute Gasteiger partial charge is 0.191 e. The van der Waals surface area contributed by atoms with Gasteiger partial charge in [-0.25, -0.2) is 0 Å². The van der Waals surface area contributed by atoms with E-state index in [0.717, 1.165) is 24.3 Å². The van der Waals surface area contributed by atoms with Crippen LogP contribution in [-0.2, 0) is 15.8 Å². The van der Waals surface area contributed by atoms with Crippen LogP contribution >= 0.6 is 0 Å². The molecule has 1 aromatic carbocycles. The van der Waals surface area contributed by atoms with E-state index in [4.69, 9.17) is 13.9 Å². The van der Waals surface area contributed by atoms with Crippen molar-refractivity contribution in [2.24, 2.45) is 35.0 Å². The molecule has 212 valence electrons. The van der Waals surface area contributed by atoms with E-state index in [-0.39, 0.29) is 16.4 Å². The number of ether oxygens (including phenoxy) is 2. The first-order chi connectivity index (χ1) is 17.6. The highest BCUT2D eigenvalue weighted by Gasteiger charge is 2.56. The quantitative estimate of drug-likeness (QED) is 0.190. The molecule has 0 aromatic heterocycles. The third-order valence-electron chi connectivity index (χ3n) is 9.57. The van der Waals surface area contributed by atoms with Crippen LogP contribution < -0.4 is 4.74 Å². The van der Waals surface area contributed by atoms with Gasteiger partial charge in [-0.2, -0.15) is 0 Å². The largest absolute Gasteiger partial charge is 0.497 e. The molecule has 4 rings (SSSR count). The molecule has 0 aliphatic heterocycles. The summed E-state index contributed by atoms with van der Waals surface area (Å²) >= 11 is 0. The zero-order valence-corrected chi connectivity index (χ0v) is 26.6. The van der Waals surface area contributed by atoms with E-state index in [9.17, 15) is 5.11 Å². The van der Waals surface area contributed by atoms with E-state index in [1.54, 1.807) is 7.11 Å². The maximum Gasteiger partial charge on any atom is 0.191 e. The fourth-order valence-electron chi connectivity index (χ4n) is 5.64. The molecule has 3 aliphatic carbocycles. The molecular weight excluding hydrogens is 488 g/mol. The average Bonchev–Trinajstić information content (AvgIpc) is 2.83. The Balaban J connectivity index is 1.63. The second-order valence-corrected chi connectivity index (χ2v) is 18.7. The molecule has 4 nitrogen and oxygen atoms in total. The summed E-state index contributed by atoms with van der Waals surface area (Å²) in [6.07, 6.45) is 6.24. The molecule has 1 fully saturated rings. The molecule has 3 aliphatic rings. The molecule has 1 N–H and O–H groups in total. The van der Waals surface area contributed by atoms with E-state index in [0.29, 0.717) is 43.3 Å². The van der Waals surface area contributed by atoms with Gasteiger partial charge in [0.1, 0.15) is 11.4 Å². The zero-order valence-electron chi connectivity index (χ0n) is 25.6. The Labute approximate surface area is 233 Å². The fraction of sp³-hybridized carbons (Fsp3) is 0.697. The Morgan fingerprint density at radius 1 is 1.08 bits per heavy atom. The number of allylic oxidation sites excluding steroid dienone is 1. The minimum atomic E-state index is -1.81. The van der Waals surface area contributed by atoms with Gasteiger partial charge in [0.15, 0.2) is 8.32 Å². The number of methoxy groups -OCH3 is 1. The van der Waals surface area contributed by atoms with Crippen molar-refractivity contribution in [3.8, 4) is 17.6 Å². The number of fused-ring (bicyclic) bond motifs is 2. The third-order valence-corrected chi connectivity index (χ3v) is 14.1. The SMILES string of the molecule is COc1ccc(COC[C@@H](C)C#C[C@]2(O)C[C@H]3C=C[C@@]2(C)C[C@H]3[C@@H](CO[Si](C)(C)C(C)(C)C)C(C)C)cc1. The molecule has 1 aromatic rings. The van der Waals surface area contributed by atoms with Gasteiger partial charge in [-0.1, -0.05) is 77.7 Å². The zero-order chi connectivity index (χ0) is 28.4.